The van der Waals surface area contributed by atoms with Gasteiger partial charge >= 0.3 is 0 Å². The van der Waals surface area contributed by atoms with Gasteiger partial charge in [-0.25, -0.2) is 0 Å². The molecule has 0 aliphatic heterocycles. The van der Waals surface area contributed by atoms with E-state index in [1.165, 1.54) is 11.1 Å². The molecule has 0 spiro atoms. The number of ether oxygens (including phenoxy) is 1. The average Bonchev–Trinajstić information content (AvgIpc) is 2.85. The van der Waals surface area contributed by atoms with Gasteiger partial charge in [0.05, 0.1) is 13.7 Å². The zero-order valence-electron chi connectivity index (χ0n) is 22.1. The summed E-state index contributed by atoms with van der Waals surface area (Å²) >= 11 is 0. The van der Waals surface area contributed by atoms with E-state index >= 15 is 0 Å². The Kier molecular flexibility index (Phi) is 26.7. The molecule has 0 saturated heterocycles. The summed E-state index contributed by atoms with van der Waals surface area (Å²) in [6.45, 7) is 15.0. The van der Waals surface area contributed by atoms with Crippen LogP contribution >= 0.6 is 0 Å². The maximum atomic E-state index is 11.8. The number of nitrogens with zero attached hydrogens (tertiary/aromatic N) is 1. The van der Waals surface area contributed by atoms with Crippen LogP contribution in [0.1, 0.15) is 52.7 Å². The standard InChI is InChI=1S/C15H24N2O2.C7H8.2C2H6.CH2O2/c1-12(2)16-11-15(18)17(3)10-9-13-5-7-14(19-4)8-6-13;1-7-5-3-2-4-6-7;2*1-2;2-1-3/h5-8,12,16H,9-11H2,1-4H3;2-6H,1H3;2*1-2H3;1H,(H,2,3). The fraction of sp³-hybridized carbons (Fsp3) is 0.481. The SMILES string of the molecule is CC.CC.COc1ccc(CCN(C)C(=O)CNC(C)C)cc1.Cc1ccccc1.O=CO. The molecule has 0 fully saturated rings. The van der Waals surface area contributed by atoms with Crippen molar-refractivity contribution < 1.29 is 19.4 Å². The quantitative estimate of drug-likeness (QED) is 0.536. The van der Waals surface area contributed by atoms with Crippen LogP contribution in [0.4, 0.5) is 0 Å². The van der Waals surface area contributed by atoms with Gasteiger partial charge in [-0.2, -0.15) is 0 Å². The van der Waals surface area contributed by atoms with Crippen molar-refractivity contribution >= 4 is 12.4 Å². The molecule has 0 radical (unpaired) electrons. The summed E-state index contributed by atoms with van der Waals surface area (Å²) in [5.74, 6) is 0.983. The van der Waals surface area contributed by atoms with Crippen LogP contribution in [0.25, 0.3) is 0 Å². The molecule has 6 nitrogen and oxygen atoms in total. The molecule has 0 atom stereocenters. The minimum atomic E-state index is -0.250. The van der Waals surface area contributed by atoms with Crippen molar-refractivity contribution in [2.45, 2.75) is 60.9 Å². The summed E-state index contributed by atoms with van der Waals surface area (Å²) in [4.78, 5) is 21.9. The Labute approximate surface area is 202 Å². The predicted molar refractivity (Wildman–Crippen MR) is 140 cm³/mol. The molecule has 0 aliphatic rings. The zero-order chi connectivity index (χ0) is 26.1. The Balaban J connectivity index is -0.000000527. The number of rotatable bonds is 7. The molecule has 0 saturated carbocycles. The van der Waals surface area contributed by atoms with Crippen LogP contribution in [0.15, 0.2) is 54.6 Å². The second-order valence-corrected chi connectivity index (χ2v) is 6.71. The maximum absolute atomic E-state index is 11.8. The first-order valence-electron chi connectivity index (χ1n) is 11.5. The van der Waals surface area contributed by atoms with E-state index in [0.717, 1.165) is 18.7 Å². The molecular weight excluding hydrogens is 416 g/mol. The van der Waals surface area contributed by atoms with Gasteiger partial charge in [0.25, 0.3) is 6.47 Å². The number of hydrogen-bond acceptors (Lipinski definition) is 4. The molecule has 0 aromatic heterocycles. The highest BCUT2D eigenvalue weighted by molar-refractivity contribution is 5.78. The van der Waals surface area contributed by atoms with E-state index in [1.807, 2.05) is 91.1 Å². The van der Waals surface area contributed by atoms with Crippen molar-refractivity contribution in [3.05, 3.63) is 65.7 Å². The predicted octanol–water partition coefficient (Wildman–Crippen LogP) is 5.44. The Bertz CT molecular complexity index is 674. The average molecular weight is 463 g/mol. The molecular formula is C27H46N2O4. The van der Waals surface area contributed by atoms with E-state index in [4.69, 9.17) is 14.6 Å². The molecule has 1 amide bonds. The summed E-state index contributed by atoms with van der Waals surface area (Å²) < 4.78 is 5.11. The van der Waals surface area contributed by atoms with Crippen LogP contribution in [-0.2, 0) is 16.0 Å². The number of likely N-dealkylation sites (N-methyl/N-ethyl adjacent to an activating group) is 1. The van der Waals surface area contributed by atoms with Crippen LogP contribution < -0.4 is 10.1 Å². The number of methoxy groups -OCH3 is 1. The van der Waals surface area contributed by atoms with E-state index < -0.39 is 0 Å². The lowest BCUT2D eigenvalue weighted by atomic mass is 10.1. The first-order chi connectivity index (χ1) is 15.8. The van der Waals surface area contributed by atoms with E-state index in [2.05, 4.69) is 24.4 Å². The Morgan fingerprint density at radius 1 is 1.03 bits per heavy atom. The molecule has 188 valence electrons. The number of carbonyl (C=O) groups is 2. The largest absolute Gasteiger partial charge is 0.497 e. The van der Waals surface area contributed by atoms with Crippen LogP contribution in [-0.4, -0.2) is 55.7 Å². The zero-order valence-corrected chi connectivity index (χ0v) is 22.1. The molecule has 2 aromatic carbocycles. The van der Waals surface area contributed by atoms with Gasteiger partial charge < -0.3 is 20.1 Å². The Morgan fingerprint density at radius 3 is 1.88 bits per heavy atom. The highest BCUT2D eigenvalue weighted by Crippen LogP contribution is 2.11. The second-order valence-electron chi connectivity index (χ2n) is 6.71. The number of aryl methyl sites for hydroxylation is 1. The maximum Gasteiger partial charge on any atom is 0.290 e. The van der Waals surface area contributed by atoms with E-state index in [9.17, 15) is 4.79 Å². The van der Waals surface area contributed by atoms with Gasteiger partial charge in [-0.1, -0.05) is 89.6 Å². The van der Waals surface area contributed by atoms with E-state index in [-0.39, 0.29) is 12.4 Å². The first kappa shape index (κ1) is 34.7. The fourth-order valence-electron chi connectivity index (χ4n) is 2.17. The number of carbonyl (C=O) groups excluding carboxylic acids is 1. The van der Waals surface area contributed by atoms with Crippen molar-refractivity contribution in [3.8, 4) is 5.75 Å². The normalized spacial score (nSPS) is 8.67. The lowest BCUT2D eigenvalue weighted by molar-refractivity contribution is -0.129. The highest BCUT2D eigenvalue weighted by Gasteiger charge is 2.08. The summed E-state index contributed by atoms with van der Waals surface area (Å²) in [5.41, 5.74) is 2.53. The highest BCUT2D eigenvalue weighted by atomic mass is 16.5. The fourth-order valence-corrected chi connectivity index (χ4v) is 2.17. The first-order valence-corrected chi connectivity index (χ1v) is 11.5. The Hall–Kier alpha value is -2.86. The monoisotopic (exact) mass is 462 g/mol. The third-order valence-electron chi connectivity index (χ3n) is 3.92. The smallest absolute Gasteiger partial charge is 0.290 e. The van der Waals surface area contributed by atoms with Crippen LogP contribution in [0.5, 0.6) is 5.75 Å². The van der Waals surface area contributed by atoms with E-state index in [1.54, 1.807) is 12.0 Å². The molecule has 0 unspecified atom stereocenters. The molecule has 2 rings (SSSR count). The number of carboxylic acid groups (broad SMARTS) is 1. The summed E-state index contributed by atoms with van der Waals surface area (Å²) in [6.07, 6.45) is 0.855. The van der Waals surface area contributed by atoms with Gasteiger partial charge in [-0.05, 0) is 31.0 Å². The molecule has 2 aromatic rings. The Morgan fingerprint density at radius 2 is 1.52 bits per heavy atom. The van der Waals surface area contributed by atoms with Crippen molar-refractivity contribution in [3.63, 3.8) is 0 Å². The molecule has 33 heavy (non-hydrogen) atoms. The number of hydrogen-bond donors (Lipinski definition) is 2. The van der Waals surface area contributed by atoms with Gasteiger partial charge in [0, 0.05) is 19.6 Å². The van der Waals surface area contributed by atoms with Crippen LogP contribution in [0.3, 0.4) is 0 Å². The third-order valence-corrected chi connectivity index (χ3v) is 3.92. The lowest BCUT2D eigenvalue weighted by Crippen LogP contribution is -2.38. The minimum Gasteiger partial charge on any atom is -0.497 e. The van der Waals surface area contributed by atoms with Crippen molar-refractivity contribution in [1.29, 1.82) is 0 Å². The summed E-state index contributed by atoms with van der Waals surface area (Å²) in [6, 6.07) is 18.5. The van der Waals surface area contributed by atoms with Gasteiger partial charge in [0.1, 0.15) is 5.75 Å². The molecule has 2 N–H and O–H groups in total. The second kappa shape index (κ2) is 25.4. The van der Waals surface area contributed by atoms with Gasteiger partial charge in [0.2, 0.25) is 5.91 Å². The minimum absolute atomic E-state index is 0.127. The molecule has 6 heteroatoms. The van der Waals surface area contributed by atoms with Gasteiger partial charge in [-0.15, -0.1) is 0 Å². The molecule has 0 aliphatic carbocycles. The van der Waals surface area contributed by atoms with Crippen molar-refractivity contribution in [1.82, 2.24) is 10.2 Å². The summed E-state index contributed by atoms with van der Waals surface area (Å²) in [5, 5.41) is 10.0. The van der Waals surface area contributed by atoms with Crippen molar-refractivity contribution in [2.24, 2.45) is 0 Å². The number of benzene rings is 2. The molecule has 0 bridgehead atoms. The summed E-state index contributed by atoms with van der Waals surface area (Å²) in [7, 11) is 3.50. The number of amides is 1. The molecule has 0 heterocycles. The van der Waals surface area contributed by atoms with Crippen LogP contribution in [0, 0.1) is 6.92 Å². The van der Waals surface area contributed by atoms with Crippen molar-refractivity contribution in [2.75, 3.05) is 27.2 Å². The third kappa shape index (κ3) is 22.1. The lowest BCUT2D eigenvalue weighted by Gasteiger charge is -2.18. The number of nitrogens with one attached hydrogen (secondary N) is 1. The van der Waals surface area contributed by atoms with Gasteiger partial charge in [-0.3, -0.25) is 9.59 Å². The van der Waals surface area contributed by atoms with Gasteiger partial charge in [0.15, 0.2) is 0 Å². The van der Waals surface area contributed by atoms with E-state index in [0.29, 0.717) is 12.6 Å². The van der Waals surface area contributed by atoms with Crippen LogP contribution in [0.2, 0.25) is 0 Å². The topological polar surface area (TPSA) is 78.9 Å².